The Labute approximate surface area is 198 Å². The van der Waals surface area contributed by atoms with E-state index in [1.165, 1.54) is 35.2 Å². The lowest BCUT2D eigenvalue weighted by atomic mass is 10.0. The number of carboxylic acids is 1. The van der Waals surface area contributed by atoms with Crippen molar-refractivity contribution in [1.82, 2.24) is 19.5 Å². The number of carboxylic acid groups (broad SMARTS) is 1. The number of halogens is 2. The third-order valence-corrected chi connectivity index (χ3v) is 6.37. The van der Waals surface area contributed by atoms with Gasteiger partial charge in [-0.05, 0) is 42.0 Å². The fourth-order valence-electron chi connectivity index (χ4n) is 4.57. The molecule has 0 fully saturated rings. The Morgan fingerprint density at radius 2 is 1.91 bits per heavy atom. The normalized spacial score (nSPS) is 11.7. The number of fused-ring (bicyclic) bond motifs is 4. The van der Waals surface area contributed by atoms with E-state index in [1.807, 2.05) is 0 Å². The van der Waals surface area contributed by atoms with Gasteiger partial charge in [0.15, 0.2) is 0 Å². The number of hydrogen-bond donors (Lipinski definition) is 4. The second-order valence-electron chi connectivity index (χ2n) is 8.01. The predicted octanol–water partition coefficient (Wildman–Crippen LogP) is 4.45. The molecule has 4 N–H and O–H groups in total. The molecule has 0 unspecified atom stereocenters. The molecule has 0 spiro atoms. The highest BCUT2D eigenvalue weighted by atomic mass is 35.5. The Morgan fingerprint density at radius 1 is 1.14 bits per heavy atom. The quantitative estimate of drug-likeness (QED) is 0.288. The molecule has 2 aromatic carbocycles. The van der Waals surface area contributed by atoms with Gasteiger partial charge in [0.25, 0.3) is 5.56 Å². The van der Waals surface area contributed by atoms with Crippen LogP contribution in [0.5, 0.6) is 0 Å². The lowest BCUT2D eigenvalue weighted by molar-refractivity contribution is 0.0687. The molecule has 0 saturated heterocycles. The summed E-state index contributed by atoms with van der Waals surface area (Å²) < 4.78 is 22.0. The van der Waals surface area contributed by atoms with Crippen LogP contribution >= 0.6 is 11.6 Å². The molecule has 0 aliphatic carbocycles. The van der Waals surface area contributed by atoms with E-state index in [0.717, 1.165) is 0 Å². The van der Waals surface area contributed by atoms with E-state index in [4.69, 9.17) is 16.0 Å². The molecular formula is C24H14ClFN4O5. The number of benzene rings is 2. The average molecular weight is 493 g/mol. The summed E-state index contributed by atoms with van der Waals surface area (Å²) in [6, 6.07) is 8.88. The average Bonchev–Trinajstić information content (AvgIpc) is 3.50. The zero-order valence-electron chi connectivity index (χ0n) is 17.6. The molecule has 4 aromatic heterocycles. The molecule has 0 aliphatic heterocycles. The van der Waals surface area contributed by atoms with Crippen LogP contribution in [0.3, 0.4) is 0 Å². The van der Waals surface area contributed by atoms with Crippen molar-refractivity contribution in [3.8, 4) is 11.1 Å². The van der Waals surface area contributed by atoms with Crippen LogP contribution < -0.4 is 11.2 Å². The minimum absolute atomic E-state index is 0.0868. The molecule has 0 atom stereocenters. The van der Waals surface area contributed by atoms with Crippen LogP contribution in [0.2, 0.25) is 5.02 Å². The highest BCUT2D eigenvalue weighted by Crippen LogP contribution is 2.40. The van der Waals surface area contributed by atoms with E-state index in [-0.39, 0.29) is 50.3 Å². The van der Waals surface area contributed by atoms with Crippen molar-refractivity contribution in [2.45, 2.75) is 6.54 Å². The van der Waals surface area contributed by atoms with Crippen molar-refractivity contribution < 1.29 is 18.7 Å². The van der Waals surface area contributed by atoms with Gasteiger partial charge in [-0.2, -0.15) is 0 Å². The van der Waals surface area contributed by atoms with Gasteiger partial charge < -0.3 is 29.0 Å². The molecule has 35 heavy (non-hydrogen) atoms. The summed E-state index contributed by atoms with van der Waals surface area (Å²) in [5.74, 6) is -1.94. The van der Waals surface area contributed by atoms with Gasteiger partial charge >= 0.3 is 11.7 Å². The highest BCUT2D eigenvalue weighted by molar-refractivity contribution is 6.32. The number of aromatic carboxylic acids is 1. The van der Waals surface area contributed by atoms with E-state index in [9.17, 15) is 19.5 Å². The lowest BCUT2D eigenvalue weighted by Crippen LogP contribution is -2.13. The van der Waals surface area contributed by atoms with Crippen molar-refractivity contribution in [1.29, 1.82) is 0 Å². The van der Waals surface area contributed by atoms with Crippen LogP contribution in [0.4, 0.5) is 4.39 Å². The van der Waals surface area contributed by atoms with E-state index >= 15 is 4.39 Å². The lowest BCUT2D eigenvalue weighted by Gasteiger charge is -2.11. The van der Waals surface area contributed by atoms with Gasteiger partial charge in [-0.25, -0.2) is 14.0 Å². The maximum absolute atomic E-state index is 15.0. The van der Waals surface area contributed by atoms with Crippen LogP contribution in [0.1, 0.15) is 16.1 Å². The summed E-state index contributed by atoms with van der Waals surface area (Å²) in [5.41, 5.74) is 0.787. The first-order valence-corrected chi connectivity index (χ1v) is 10.7. The molecule has 6 aromatic rings. The second kappa shape index (κ2) is 7.47. The van der Waals surface area contributed by atoms with Gasteiger partial charge in [0.1, 0.15) is 17.1 Å². The molecule has 0 bridgehead atoms. The van der Waals surface area contributed by atoms with Crippen molar-refractivity contribution >= 4 is 50.5 Å². The highest BCUT2D eigenvalue weighted by Gasteiger charge is 2.29. The largest absolute Gasteiger partial charge is 0.477 e. The number of aromatic nitrogens is 4. The van der Waals surface area contributed by atoms with E-state index < -0.39 is 23.0 Å². The van der Waals surface area contributed by atoms with Crippen LogP contribution in [-0.2, 0) is 6.54 Å². The Bertz CT molecular complexity index is 1940. The van der Waals surface area contributed by atoms with Crippen LogP contribution in [0, 0.1) is 5.82 Å². The Hall–Kier alpha value is -4.57. The van der Waals surface area contributed by atoms with Gasteiger partial charge in [-0.15, -0.1) is 0 Å². The molecule has 0 amide bonds. The third kappa shape index (κ3) is 3.11. The molecule has 174 valence electrons. The zero-order valence-corrected chi connectivity index (χ0v) is 18.4. The first-order chi connectivity index (χ1) is 16.8. The first kappa shape index (κ1) is 21.0. The van der Waals surface area contributed by atoms with Crippen LogP contribution in [0.25, 0.3) is 44.0 Å². The van der Waals surface area contributed by atoms with Crippen molar-refractivity contribution in [2.24, 2.45) is 0 Å². The standard InChI is InChI=1S/C24H14ClFN4O5/c25-13-7-16-15(28-24(34)29-16)6-10(13)9-30-17-8-14(26)11-3-5-35-21(11)19(17)18(20(30)23(32)33)12-2-1-4-27-22(12)31/h1-8H,9H2,(H,27,31)(H,32,33)(H2,28,29,34). The second-order valence-corrected chi connectivity index (χ2v) is 8.42. The van der Waals surface area contributed by atoms with Gasteiger partial charge in [0.05, 0.1) is 39.1 Å². The molecule has 0 saturated carbocycles. The third-order valence-electron chi connectivity index (χ3n) is 6.02. The first-order valence-electron chi connectivity index (χ1n) is 10.4. The van der Waals surface area contributed by atoms with Crippen LogP contribution in [-0.4, -0.2) is 30.6 Å². The summed E-state index contributed by atoms with van der Waals surface area (Å²) in [5, 5.41) is 11.0. The monoisotopic (exact) mass is 492 g/mol. The maximum Gasteiger partial charge on any atom is 0.353 e. The summed E-state index contributed by atoms with van der Waals surface area (Å²) >= 11 is 6.46. The number of imidazole rings is 1. The van der Waals surface area contributed by atoms with E-state index in [2.05, 4.69) is 15.0 Å². The number of nitrogens with one attached hydrogen (secondary N) is 3. The smallest absolute Gasteiger partial charge is 0.353 e. The number of furan rings is 1. The molecule has 0 radical (unpaired) electrons. The SMILES string of the molecule is O=C(O)c1c(-c2ccc[nH]c2=O)c2c3occc3c(F)cc2n1Cc1cc2[nH]c(=O)[nH]c2cc1Cl. The number of H-pyrrole nitrogens is 3. The Balaban J connectivity index is 1.74. The summed E-state index contributed by atoms with van der Waals surface area (Å²) in [7, 11) is 0. The Kier molecular flexibility index (Phi) is 4.48. The van der Waals surface area contributed by atoms with Crippen molar-refractivity contribution in [3.63, 3.8) is 0 Å². The minimum atomic E-state index is -1.33. The number of nitrogens with zero attached hydrogens (tertiary/aromatic N) is 1. The topological polar surface area (TPSA) is 137 Å². The molecule has 0 aliphatic rings. The number of rotatable bonds is 4. The zero-order chi connectivity index (χ0) is 24.4. The summed E-state index contributed by atoms with van der Waals surface area (Å²) in [6.07, 6.45) is 2.73. The van der Waals surface area contributed by atoms with E-state index in [1.54, 1.807) is 18.2 Å². The fraction of sp³-hybridized carbons (Fsp3) is 0.0417. The van der Waals surface area contributed by atoms with Gasteiger partial charge in [0, 0.05) is 23.3 Å². The minimum Gasteiger partial charge on any atom is -0.477 e. The van der Waals surface area contributed by atoms with Gasteiger partial charge in [0.2, 0.25) is 0 Å². The maximum atomic E-state index is 15.0. The number of aromatic amines is 3. The molecule has 11 heteroatoms. The molecule has 6 rings (SSSR count). The van der Waals surface area contributed by atoms with E-state index in [0.29, 0.717) is 16.6 Å². The molecular weight excluding hydrogens is 479 g/mol. The summed E-state index contributed by atoms with van der Waals surface area (Å²) in [4.78, 5) is 44.8. The summed E-state index contributed by atoms with van der Waals surface area (Å²) in [6.45, 7) is -0.0868. The molecule has 4 heterocycles. The van der Waals surface area contributed by atoms with Crippen molar-refractivity contribution in [2.75, 3.05) is 0 Å². The van der Waals surface area contributed by atoms with Gasteiger partial charge in [-0.1, -0.05) is 11.6 Å². The van der Waals surface area contributed by atoms with Gasteiger partial charge in [-0.3, -0.25) is 4.79 Å². The number of hydrogen-bond acceptors (Lipinski definition) is 4. The number of carbonyl (C=O) groups is 1. The number of pyridine rings is 1. The molecule has 9 nitrogen and oxygen atoms in total. The van der Waals surface area contributed by atoms with Crippen molar-refractivity contribution in [3.05, 3.63) is 91.8 Å². The predicted molar refractivity (Wildman–Crippen MR) is 128 cm³/mol. The Morgan fingerprint density at radius 3 is 2.66 bits per heavy atom. The fourth-order valence-corrected chi connectivity index (χ4v) is 4.79. The van der Waals surface area contributed by atoms with Crippen LogP contribution in [0.15, 0.2) is 62.9 Å².